The highest BCUT2D eigenvalue weighted by atomic mass is 35.5. The molecule has 2 aromatic rings. The van der Waals surface area contributed by atoms with Crippen LogP contribution >= 0.6 is 23.2 Å². The van der Waals surface area contributed by atoms with E-state index in [4.69, 9.17) is 23.2 Å². The van der Waals surface area contributed by atoms with Crippen molar-refractivity contribution >= 4 is 28.9 Å². The third-order valence-electron chi connectivity index (χ3n) is 3.43. The lowest BCUT2D eigenvalue weighted by molar-refractivity contribution is 0.221. The molecule has 2 aromatic carbocycles. The van der Waals surface area contributed by atoms with Crippen LogP contribution in [0.5, 0.6) is 0 Å². The zero-order valence-corrected chi connectivity index (χ0v) is 11.7. The summed E-state index contributed by atoms with van der Waals surface area (Å²) in [6.45, 7) is 0.917. The molecule has 0 spiro atoms. The number of aliphatic hydroxyl groups excluding tert-OH is 1. The fourth-order valence-electron chi connectivity index (χ4n) is 2.46. The molecule has 4 heteroatoms. The van der Waals surface area contributed by atoms with Crippen LogP contribution in [0.15, 0.2) is 36.4 Å². The van der Waals surface area contributed by atoms with Gasteiger partial charge in [-0.05, 0) is 29.7 Å². The van der Waals surface area contributed by atoms with Gasteiger partial charge in [0, 0.05) is 17.8 Å². The van der Waals surface area contributed by atoms with Crippen LogP contribution in [-0.2, 0) is 6.42 Å². The molecule has 0 aromatic heterocycles. The molecule has 2 nitrogen and oxygen atoms in total. The minimum Gasteiger partial charge on any atom is -0.384 e. The Morgan fingerprint density at radius 3 is 2.74 bits per heavy atom. The average Bonchev–Trinajstić information content (AvgIpc) is 2.89. The highest BCUT2D eigenvalue weighted by Crippen LogP contribution is 2.35. The second-order valence-electron chi connectivity index (χ2n) is 4.63. The Labute approximate surface area is 122 Å². The SMILES string of the molecule is OC(c1ccc(Cl)c(Cl)c1)c1cccc2c1NCC2. The lowest BCUT2D eigenvalue weighted by atomic mass is 9.98. The third kappa shape index (κ3) is 2.32. The van der Waals surface area contributed by atoms with E-state index >= 15 is 0 Å². The Morgan fingerprint density at radius 1 is 1.11 bits per heavy atom. The molecular formula is C15H13Cl2NO. The first-order valence-corrected chi connectivity index (χ1v) is 6.91. The van der Waals surface area contributed by atoms with Gasteiger partial charge in [0.05, 0.1) is 10.0 Å². The maximum Gasteiger partial charge on any atom is 0.106 e. The van der Waals surface area contributed by atoms with E-state index in [1.54, 1.807) is 18.2 Å². The molecule has 0 fully saturated rings. The van der Waals surface area contributed by atoms with Crippen molar-refractivity contribution in [2.24, 2.45) is 0 Å². The number of nitrogens with one attached hydrogen (secondary N) is 1. The van der Waals surface area contributed by atoms with E-state index in [1.807, 2.05) is 12.1 Å². The molecule has 0 radical (unpaired) electrons. The fraction of sp³-hybridized carbons (Fsp3) is 0.200. The highest BCUT2D eigenvalue weighted by molar-refractivity contribution is 6.42. The Kier molecular flexibility index (Phi) is 3.40. The molecule has 1 heterocycles. The first-order valence-electron chi connectivity index (χ1n) is 6.15. The van der Waals surface area contributed by atoms with Gasteiger partial charge in [-0.15, -0.1) is 0 Å². The van der Waals surface area contributed by atoms with Gasteiger partial charge in [-0.2, -0.15) is 0 Å². The van der Waals surface area contributed by atoms with Gasteiger partial charge in [-0.1, -0.05) is 47.5 Å². The summed E-state index contributed by atoms with van der Waals surface area (Å²) in [5, 5.41) is 14.8. The summed E-state index contributed by atoms with van der Waals surface area (Å²) < 4.78 is 0. The molecule has 0 saturated heterocycles. The minimum absolute atomic E-state index is 0.457. The van der Waals surface area contributed by atoms with Gasteiger partial charge in [0.25, 0.3) is 0 Å². The summed E-state index contributed by atoms with van der Waals surface area (Å²) >= 11 is 11.9. The van der Waals surface area contributed by atoms with Gasteiger partial charge in [-0.3, -0.25) is 0 Å². The van der Waals surface area contributed by atoms with Crippen molar-refractivity contribution in [3.05, 3.63) is 63.1 Å². The van der Waals surface area contributed by atoms with Crippen LogP contribution in [-0.4, -0.2) is 11.7 Å². The summed E-state index contributed by atoms with van der Waals surface area (Å²) in [7, 11) is 0. The number of halogens is 2. The quantitative estimate of drug-likeness (QED) is 0.876. The lowest BCUT2D eigenvalue weighted by Crippen LogP contribution is -2.04. The molecule has 19 heavy (non-hydrogen) atoms. The normalized spacial score (nSPS) is 14.9. The molecule has 2 N–H and O–H groups in total. The van der Waals surface area contributed by atoms with Gasteiger partial charge in [0.1, 0.15) is 6.10 Å². The predicted molar refractivity (Wildman–Crippen MR) is 79.2 cm³/mol. The molecule has 0 saturated carbocycles. The third-order valence-corrected chi connectivity index (χ3v) is 4.17. The van der Waals surface area contributed by atoms with Crippen LogP contribution in [0, 0.1) is 0 Å². The van der Waals surface area contributed by atoms with Crippen molar-refractivity contribution in [2.75, 3.05) is 11.9 Å². The summed E-state index contributed by atoms with van der Waals surface area (Å²) in [6, 6.07) is 11.2. The minimum atomic E-state index is -0.699. The fourth-order valence-corrected chi connectivity index (χ4v) is 2.76. The number of hydrogen-bond donors (Lipinski definition) is 2. The van der Waals surface area contributed by atoms with E-state index in [-0.39, 0.29) is 0 Å². The van der Waals surface area contributed by atoms with E-state index in [0.29, 0.717) is 10.0 Å². The van der Waals surface area contributed by atoms with Crippen molar-refractivity contribution in [1.29, 1.82) is 0 Å². The highest BCUT2D eigenvalue weighted by Gasteiger charge is 2.20. The molecule has 1 aliphatic heterocycles. The van der Waals surface area contributed by atoms with Crippen LogP contribution < -0.4 is 5.32 Å². The second-order valence-corrected chi connectivity index (χ2v) is 5.45. The lowest BCUT2D eigenvalue weighted by Gasteiger charge is -2.16. The van der Waals surface area contributed by atoms with Crippen LogP contribution in [0.25, 0.3) is 0 Å². The number of hydrogen-bond acceptors (Lipinski definition) is 2. The van der Waals surface area contributed by atoms with Gasteiger partial charge in [-0.25, -0.2) is 0 Å². The van der Waals surface area contributed by atoms with Crippen LogP contribution in [0.2, 0.25) is 10.0 Å². The number of para-hydroxylation sites is 1. The Balaban J connectivity index is 2.02. The van der Waals surface area contributed by atoms with E-state index < -0.39 is 6.10 Å². The van der Waals surface area contributed by atoms with Crippen molar-refractivity contribution in [3.63, 3.8) is 0 Å². The largest absolute Gasteiger partial charge is 0.384 e. The van der Waals surface area contributed by atoms with Crippen LogP contribution in [0.3, 0.4) is 0 Å². The van der Waals surface area contributed by atoms with E-state index in [0.717, 1.165) is 29.8 Å². The zero-order valence-electron chi connectivity index (χ0n) is 10.2. The maximum atomic E-state index is 10.5. The Bertz CT molecular complexity index is 628. The van der Waals surface area contributed by atoms with Gasteiger partial charge in [0.15, 0.2) is 0 Å². The number of rotatable bonds is 2. The molecule has 0 bridgehead atoms. The Morgan fingerprint density at radius 2 is 1.95 bits per heavy atom. The van der Waals surface area contributed by atoms with Crippen molar-refractivity contribution in [3.8, 4) is 0 Å². The van der Waals surface area contributed by atoms with E-state index in [2.05, 4.69) is 11.4 Å². The smallest absolute Gasteiger partial charge is 0.106 e. The second kappa shape index (κ2) is 5.04. The number of anilines is 1. The first-order chi connectivity index (χ1) is 9.16. The van der Waals surface area contributed by atoms with Crippen LogP contribution in [0.1, 0.15) is 22.8 Å². The topological polar surface area (TPSA) is 32.3 Å². The Hall–Kier alpha value is -1.22. The van der Waals surface area contributed by atoms with E-state index in [9.17, 15) is 5.11 Å². The molecule has 1 unspecified atom stereocenters. The maximum absolute atomic E-state index is 10.5. The van der Waals surface area contributed by atoms with E-state index in [1.165, 1.54) is 5.56 Å². The van der Waals surface area contributed by atoms with Crippen LogP contribution in [0.4, 0.5) is 5.69 Å². The monoisotopic (exact) mass is 293 g/mol. The van der Waals surface area contributed by atoms with Gasteiger partial charge in [0.2, 0.25) is 0 Å². The molecule has 1 atom stereocenters. The number of benzene rings is 2. The molecule has 1 aliphatic rings. The zero-order chi connectivity index (χ0) is 13.4. The van der Waals surface area contributed by atoms with Crippen molar-refractivity contribution in [2.45, 2.75) is 12.5 Å². The summed E-state index contributed by atoms with van der Waals surface area (Å²) in [4.78, 5) is 0. The molecule has 0 amide bonds. The number of aliphatic hydroxyl groups is 1. The van der Waals surface area contributed by atoms with Crippen molar-refractivity contribution in [1.82, 2.24) is 0 Å². The first kappa shape index (κ1) is 12.8. The molecule has 0 aliphatic carbocycles. The van der Waals surface area contributed by atoms with Crippen molar-refractivity contribution < 1.29 is 5.11 Å². The molecular weight excluding hydrogens is 281 g/mol. The summed E-state index contributed by atoms with van der Waals surface area (Å²) in [5.41, 5.74) is 3.92. The predicted octanol–water partition coefficient (Wildman–Crippen LogP) is 4.04. The van der Waals surface area contributed by atoms with Gasteiger partial charge >= 0.3 is 0 Å². The molecule has 3 rings (SSSR count). The standard InChI is InChI=1S/C15H13Cl2NO/c16-12-5-4-10(8-13(12)17)15(19)11-3-1-2-9-6-7-18-14(9)11/h1-5,8,15,18-19H,6-7H2. The average molecular weight is 294 g/mol. The molecule has 98 valence electrons. The number of fused-ring (bicyclic) bond motifs is 1. The summed E-state index contributed by atoms with van der Waals surface area (Å²) in [6.07, 6.45) is 0.299. The summed E-state index contributed by atoms with van der Waals surface area (Å²) in [5.74, 6) is 0. The van der Waals surface area contributed by atoms with Gasteiger partial charge < -0.3 is 10.4 Å².